The second-order valence-electron chi connectivity index (χ2n) is 4.41. The Morgan fingerprint density at radius 3 is 2.72 bits per heavy atom. The molecule has 0 spiro atoms. The summed E-state index contributed by atoms with van der Waals surface area (Å²) in [4.78, 5) is 19.5. The highest BCUT2D eigenvalue weighted by molar-refractivity contribution is 5.80. The van der Waals surface area contributed by atoms with E-state index in [9.17, 15) is 4.79 Å². The van der Waals surface area contributed by atoms with Crippen molar-refractivity contribution in [3.05, 3.63) is 23.9 Å². The molecule has 5 nitrogen and oxygen atoms in total. The second-order valence-corrected chi connectivity index (χ2v) is 4.41. The number of rotatable bonds is 6. The van der Waals surface area contributed by atoms with E-state index >= 15 is 0 Å². The van der Waals surface area contributed by atoms with Crippen LogP contribution in [0.2, 0.25) is 0 Å². The predicted octanol–water partition coefficient (Wildman–Crippen LogP) is 0.715. The maximum atomic E-state index is 11.7. The first-order chi connectivity index (χ1) is 8.56. The van der Waals surface area contributed by atoms with Gasteiger partial charge in [0.2, 0.25) is 5.91 Å². The summed E-state index contributed by atoms with van der Waals surface area (Å²) < 4.78 is 0. The number of anilines is 1. The SMILES string of the molecule is CCNCc1cccnc1N(C)CC(=O)N(C)C. The molecule has 0 aliphatic heterocycles. The summed E-state index contributed by atoms with van der Waals surface area (Å²) in [6.45, 7) is 4.08. The normalized spacial score (nSPS) is 10.2. The Morgan fingerprint density at radius 1 is 1.39 bits per heavy atom. The zero-order valence-corrected chi connectivity index (χ0v) is 11.6. The molecule has 0 saturated heterocycles. The lowest BCUT2D eigenvalue weighted by Crippen LogP contribution is -2.35. The summed E-state index contributed by atoms with van der Waals surface area (Å²) >= 11 is 0. The summed E-state index contributed by atoms with van der Waals surface area (Å²) in [5, 5.41) is 3.27. The van der Waals surface area contributed by atoms with E-state index in [4.69, 9.17) is 0 Å². The van der Waals surface area contributed by atoms with Crippen molar-refractivity contribution in [2.45, 2.75) is 13.5 Å². The summed E-state index contributed by atoms with van der Waals surface area (Å²) in [6.07, 6.45) is 1.75. The Balaban J connectivity index is 2.77. The quantitative estimate of drug-likeness (QED) is 0.808. The molecule has 0 saturated carbocycles. The van der Waals surface area contributed by atoms with Gasteiger partial charge in [-0.05, 0) is 12.6 Å². The van der Waals surface area contributed by atoms with Crippen molar-refractivity contribution in [2.75, 3.05) is 39.1 Å². The Bertz CT molecular complexity index is 392. The van der Waals surface area contributed by atoms with Crippen LogP contribution in [0.4, 0.5) is 5.82 Å². The van der Waals surface area contributed by atoms with Gasteiger partial charge in [0.1, 0.15) is 5.82 Å². The molecule has 0 fully saturated rings. The fourth-order valence-electron chi connectivity index (χ4n) is 1.59. The third-order valence-electron chi connectivity index (χ3n) is 2.67. The second kappa shape index (κ2) is 6.96. The maximum absolute atomic E-state index is 11.7. The molecular weight excluding hydrogens is 228 g/mol. The first kappa shape index (κ1) is 14.4. The Labute approximate surface area is 109 Å². The van der Waals surface area contributed by atoms with Crippen molar-refractivity contribution in [1.29, 1.82) is 0 Å². The summed E-state index contributed by atoms with van der Waals surface area (Å²) in [5.41, 5.74) is 1.11. The molecule has 0 aromatic carbocycles. The van der Waals surface area contributed by atoms with Crippen LogP contribution in [-0.4, -0.2) is 50.0 Å². The van der Waals surface area contributed by atoms with Gasteiger partial charge >= 0.3 is 0 Å². The van der Waals surface area contributed by atoms with Crippen molar-refractivity contribution in [1.82, 2.24) is 15.2 Å². The van der Waals surface area contributed by atoms with Crippen LogP contribution in [-0.2, 0) is 11.3 Å². The van der Waals surface area contributed by atoms with Crippen LogP contribution >= 0.6 is 0 Å². The zero-order chi connectivity index (χ0) is 13.5. The van der Waals surface area contributed by atoms with Gasteiger partial charge in [-0.1, -0.05) is 13.0 Å². The number of likely N-dealkylation sites (N-methyl/N-ethyl adjacent to an activating group) is 2. The molecule has 1 aromatic rings. The summed E-state index contributed by atoms with van der Waals surface area (Å²) in [6, 6.07) is 3.94. The van der Waals surface area contributed by atoms with Crippen LogP contribution in [0, 0.1) is 0 Å². The first-order valence-electron chi connectivity index (χ1n) is 6.12. The van der Waals surface area contributed by atoms with Gasteiger partial charge in [-0.15, -0.1) is 0 Å². The van der Waals surface area contributed by atoms with Crippen LogP contribution < -0.4 is 10.2 Å². The van der Waals surface area contributed by atoms with Gasteiger partial charge < -0.3 is 15.1 Å². The van der Waals surface area contributed by atoms with E-state index in [0.717, 1.165) is 24.5 Å². The molecule has 0 aliphatic carbocycles. The predicted molar refractivity (Wildman–Crippen MR) is 73.6 cm³/mol. The average Bonchev–Trinajstić information content (AvgIpc) is 2.36. The minimum absolute atomic E-state index is 0.0672. The van der Waals surface area contributed by atoms with Crippen LogP contribution in [0.15, 0.2) is 18.3 Å². The summed E-state index contributed by atoms with van der Waals surface area (Å²) in [7, 11) is 5.40. The molecule has 0 radical (unpaired) electrons. The molecule has 1 N–H and O–H groups in total. The average molecular weight is 250 g/mol. The number of hydrogen-bond donors (Lipinski definition) is 1. The molecule has 1 amide bonds. The third-order valence-corrected chi connectivity index (χ3v) is 2.67. The van der Waals surface area contributed by atoms with Gasteiger partial charge in [0, 0.05) is 39.4 Å². The number of aromatic nitrogens is 1. The number of carbonyl (C=O) groups is 1. The van der Waals surface area contributed by atoms with Crippen molar-refractivity contribution in [3.8, 4) is 0 Å². The fraction of sp³-hybridized carbons (Fsp3) is 0.538. The smallest absolute Gasteiger partial charge is 0.241 e. The topological polar surface area (TPSA) is 48.5 Å². The van der Waals surface area contributed by atoms with Crippen molar-refractivity contribution < 1.29 is 4.79 Å². The number of hydrogen-bond acceptors (Lipinski definition) is 4. The van der Waals surface area contributed by atoms with Gasteiger partial charge in [-0.25, -0.2) is 4.98 Å². The third kappa shape index (κ3) is 4.00. The van der Waals surface area contributed by atoms with Gasteiger partial charge in [0.15, 0.2) is 0 Å². The molecule has 100 valence electrons. The lowest BCUT2D eigenvalue weighted by molar-refractivity contribution is -0.127. The number of carbonyl (C=O) groups excluding carboxylic acids is 1. The van der Waals surface area contributed by atoms with Crippen molar-refractivity contribution in [3.63, 3.8) is 0 Å². The Hall–Kier alpha value is -1.62. The summed E-state index contributed by atoms with van der Waals surface area (Å²) in [5.74, 6) is 0.922. The van der Waals surface area contributed by atoms with E-state index in [0.29, 0.717) is 6.54 Å². The lowest BCUT2D eigenvalue weighted by Gasteiger charge is -2.22. The van der Waals surface area contributed by atoms with E-state index in [1.807, 2.05) is 24.1 Å². The molecule has 0 aliphatic rings. The van der Waals surface area contributed by atoms with E-state index < -0.39 is 0 Å². The van der Waals surface area contributed by atoms with Crippen molar-refractivity contribution in [2.24, 2.45) is 0 Å². The largest absolute Gasteiger partial charge is 0.350 e. The van der Waals surface area contributed by atoms with Gasteiger partial charge in [0.25, 0.3) is 0 Å². The molecule has 0 unspecified atom stereocenters. The lowest BCUT2D eigenvalue weighted by atomic mass is 10.2. The highest BCUT2D eigenvalue weighted by Crippen LogP contribution is 2.15. The van der Waals surface area contributed by atoms with Crippen LogP contribution in [0.3, 0.4) is 0 Å². The van der Waals surface area contributed by atoms with Gasteiger partial charge in [-0.2, -0.15) is 0 Å². The number of nitrogens with one attached hydrogen (secondary N) is 1. The molecule has 0 bridgehead atoms. The molecule has 0 atom stereocenters. The Morgan fingerprint density at radius 2 is 2.11 bits per heavy atom. The Kier molecular flexibility index (Phi) is 5.58. The van der Waals surface area contributed by atoms with Crippen LogP contribution in [0.5, 0.6) is 0 Å². The first-order valence-corrected chi connectivity index (χ1v) is 6.12. The number of pyridine rings is 1. The van der Waals surface area contributed by atoms with Crippen LogP contribution in [0.25, 0.3) is 0 Å². The maximum Gasteiger partial charge on any atom is 0.241 e. The highest BCUT2D eigenvalue weighted by Gasteiger charge is 2.13. The van der Waals surface area contributed by atoms with E-state index in [-0.39, 0.29) is 5.91 Å². The zero-order valence-electron chi connectivity index (χ0n) is 11.6. The monoisotopic (exact) mass is 250 g/mol. The fourth-order valence-corrected chi connectivity index (χ4v) is 1.59. The molecule has 5 heteroatoms. The molecule has 1 heterocycles. The van der Waals surface area contributed by atoms with Crippen molar-refractivity contribution >= 4 is 11.7 Å². The van der Waals surface area contributed by atoms with E-state index in [1.165, 1.54) is 0 Å². The number of nitrogens with zero attached hydrogens (tertiary/aromatic N) is 3. The minimum atomic E-state index is 0.0672. The molecular formula is C13H22N4O. The van der Waals surface area contributed by atoms with Gasteiger partial charge in [-0.3, -0.25) is 4.79 Å². The highest BCUT2D eigenvalue weighted by atomic mass is 16.2. The molecule has 18 heavy (non-hydrogen) atoms. The van der Waals surface area contributed by atoms with Crippen LogP contribution in [0.1, 0.15) is 12.5 Å². The molecule has 1 aromatic heterocycles. The molecule has 1 rings (SSSR count). The van der Waals surface area contributed by atoms with E-state index in [1.54, 1.807) is 25.2 Å². The standard InChI is InChI=1S/C13H22N4O/c1-5-14-9-11-7-6-8-15-13(11)17(4)10-12(18)16(2)3/h6-8,14H,5,9-10H2,1-4H3. The van der Waals surface area contributed by atoms with Gasteiger partial charge in [0.05, 0.1) is 6.54 Å². The number of amides is 1. The minimum Gasteiger partial charge on any atom is -0.350 e. The van der Waals surface area contributed by atoms with E-state index in [2.05, 4.69) is 17.2 Å².